The van der Waals surface area contributed by atoms with Gasteiger partial charge in [-0.2, -0.15) is 0 Å². The predicted molar refractivity (Wildman–Crippen MR) is 59.4 cm³/mol. The van der Waals surface area contributed by atoms with Gasteiger partial charge in [-0.05, 0) is 19.3 Å². The van der Waals surface area contributed by atoms with Crippen molar-refractivity contribution in [1.82, 2.24) is 0 Å². The third-order valence-corrected chi connectivity index (χ3v) is 1.76. The van der Waals surface area contributed by atoms with Gasteiger partial charge >= 0.3 is 0 Å². The van der Waals surface area contributed by atoms with Gasteiger partial charge in [0.1, 0.15) is 0 Å². The van der Waals surface area contributed by atoms with E-state index in [0.29, 0.717) is 0 Å². The SMILES string of the molecule is CC.CC.CC1=CC=CCC1C. The van der Waals surface area contributed by atoms with Gasteiger partial charge in [0.25, 0.3) is 0 Å². The van der Waals surface area contributed by atoms with Crippen molar-refractivity contribution in [2.75, 3.05) is 0 Å². The van der Waals surface area contributed by atoms with Crippen LogP contribution in [0.1, 0.15) is 48.0 Å². The molecule has 0 N–H and O–H groups in total. The summed E-state index contributed by atoms with van der Waals surface area (Å²) in [4.78, 5) is 0. The maximum Gasteiger partial charge on any atom is -0.0197 e. The minimum atomic E-state index is 0.778. The highest BCUT2D eigenvalue weighted by Gasteiger charge is 2.02. The van der Waals surface area contributed by atoms with E-state index in [2.05, 4.69) is 32.1 Å². The lowest BCUT2D eigenvalue weighted by atomic mass is 9.95. The Kier molecular flexibility index (Phi) is 12.3. The van der Waals surface area contributed by atoms with Crippen LogP contribution in [0.2, 0.25) is 0 Å². The van der Waals surface area contributed by atoms with E-state index in [1.807, 2.05) is 27.7 Å². The first-order valence-corrected chi connectivity index (χ1v) is 5.14. The van der Waals surface area contributed by atoms with Gasteiger partial charge in [-0.3, -0.25) is 0 Å². The van der Waals surface area contributed by atoms with Crippen molar-refractivity contribution >= 4 is 0 Å². The van der Waals surface area contributed by atoms with E-state index in [9.17, 15) is 0 Å². The molecule has 1 unspecified atom stereocenters. The number of hydrogen-bond acceptors (Lipinski definition) is 0. The molecule has 0 radical (unpaired) electrons. The fraction of sp³-hybridized carbons (Fsp3) is 0.667. The fourth-order valence-electron chi connectivity index (χ4n) is 0.853. The molecule has 0 fully saturated rings. The lowest BCUT2D eigenvalue weighted by Crippen LogP contribution is -1.96. The Hall–Kier alpha value is -0.520. The quantitative estimate of drug-likeness (QED) is 0.496. The first kappa shape index (κ1) is 14.0. The van der Waals surface area contributed by atoms with Crippen molar-refractivity contribution in [2.24, 2.45) is 5.92 Å². The average molecular weight is 168 g/mol. The molecule has 1 rings (SSSR count). The Morgan fingerprint density at radius 3 is 1.92 bits per heavy atom. The average Bonchev–Trinajstić information content (AvgIpc) is 2.17. The van der Waals surface area contributed by atoms with E-state index < -0.39 is 0 Å². The summed E-state index contributed by atoms with van der Waals surface area (Å²) >= 11 is 0. The third kappa shape index (κ3) is 6.21. The van der Waals surface area contributed by atoms with Crippen LogP contribution in [-0.2, 0) is 0 Å². The van der Waals surface area contributed by atoms with Crippen LogP contribution in [0, 0.1) is 5.92 Å². The van der Waals surface area contributed by atoms with Gasteiger partial charge in [-0.25, -0.2) is 0 Å². The molecule has 0 saturated heterocycles. The molecule has 0 heterocycles. The van der Waals surface area contributed by atoms with E-state index >= 15 is 0 Å². The van der Waals surface area contributed by atoms with Crippen molar-refractivity contribution in [3.63, 3.8) is 0 Å². The lowest BCUT2D eigenvalue weighted by Gasteiger charge is -2.11. The van der Waals surface area contributed by atoms with Gasteiger partial charge in [0, 0.05) is 0 Å². The van der Waals surface area contributed by atoms with Crippen LogP contribution >= 0.6 is 0 Å². The number of rotatable bonds is 0. The summed E-state index contributed by atoms with van der Waals surface area (Å²) in [7, 11) is 0. The monoisotopic (exact) mass is 168 g/mol. The van der Waals surface area contributed by atoms with E-state index in [4.69, 9.17) is 0 Å². The predicted octanol–water partition coefficient (Wildman–Crippen LogP) is 4.58. The summed E-state index contributed by atoms with van der Waals surface area (Å²) in [5.41, 5.74) is 1.51. The van der Waals surface area contributed by atoms with Crippen molar-refractivity contribution < 1.29 is 0 Å². The Morgan fingerprint density at radius 1 is 1.17 bits per heavy atom. The van der Waals surface area contributed by atoms with Gasteiger partial charge in [-0.1, -0.05) is 58.4 Å². The molecule has 0 aromatic heterocycles. The van der Waals surface area contributed by atoms with E-state index in [1.165, 1.54) is 12.0 Å². The zero-order valence-electron chi connectivity index (χ0n) is 9.52. The summed E-state index contributed by atoms with van der Waals surface area (Å²) in [6.07, 6.45) is 7.77. The molecular formula is C12H24. The molecule has 0 spiro atoms. The second-order valence-electron chi connectivity index (χ2n) is 2.48. The first-order chi connectivity index (χ1) is 5.80. The Labute approximate surface area is 78.4 Å². The van der Waals surface area contributed by atoms with Gasteiger partial charge < -0.3 is 0 Å². The number of hydrogen-bond donors (Lipinski definition) is 0. The molecule has 0 amide bonds. The van der Waals surface area contributed by atoms with Crippen LogP contribution in [0.3, 0.4) is 0 Å². The third-order valence-electron chi connectivity index (χ3n) is 1.76. The molecule has 0 saturated carbocycles. The highest BCUT2D eigenvalue weighted by Crippen LogP contribution is 2.17. The molecule has 12 heavy (non-hydrogen) atoms. The Morgan fingerprint density at radius 2 is 1.67 bits per heavy atom. The molecule has 0 bridgehead atoms. The molecule has 1 aliphatic rings. The van der Waals surface area contributed by atoms with Crippen LogP contribution in [0.15, 0.2) is 23.8 Å². The summed E-state index contributed by atoms with van der Waals surface area (Å²) in [5, 5.41) is 0. The summed E-state index contributed by atoms with van der Waals surface area (Å²) in [6.45, 7) is 12.4. The van der Waals surface area contributed by atoms with Crippen LogP contribution in [-0.4, -0.2) is 0 Å². The maximum atomic E-state index is 2.26. The molecule has 72 valence electrons. The zero-order chi connectivity index (χ0) is 9.98. The van der Waals surface area contributed by atoms with Gasteiger partial charge in [0.2, 0.25) is 0 Å². The van der Waals surface area contributed by atoms with Gasteiger partial charge in [0.15, 0.2) is 0 Å². The molecular weight excluding hydrogens is 144 g/mol. The minimum Gasteiger partial charge on any atom is -0.0840 e. The highest BCUT2D eigenvalue weighted by molar-refractivity contribution is 5.17. The van der Waals surface area contributed by atoms with E-state index in [0.717, 1.165) is 5.92 Å². The zero-order valence-corrected chi connectivity index (χ0v) is 9.52. The molecule has 1 atom stereocenters. The van der Waals surface area contributed by atoms with E-state index in [-0.39, 0.29) is 0 Å². The second kappa shape index (κ2) is 10.5. The van der Waals surface area contributed by atoms with Crippen molar-refractivity contribution in [3.8, 4) is 0 Å². The van der Waals surface area contributed by atoms with Gasteiger partial charge in [-0.15, -0.1) is 0 Å². The van der Waals surface area contributed by atoms with E-state index in [1.54, 1.807) is 0 Å². The molecule has 0 aromatic carbocycles. The molecule has 1 aliphatic carbocycles. The normalized spacial score (nSPS) is 19.5. The first-order valence-electron chi connectivity index (χ1n) is 5.14. The lowest BCUT2D eigenvalue weighted by molar-refractivity contribution is 0.687. The molecule has 0 nitrogen and oxygen atoms in total. The van der Waals surface area contributed by atoms with Crippen molar-refractivity contribution in [3.05, 3.63) is 23.8 Å². The van der Waals surface area contributed by atoms with Crippen LogP contribution in [0.5, 0.6) is 0 Å². The maximum absolute atomic E-state index is 2.26. The molecule has 0 aromatic rings. The highest BCUT2D eigenvalue weighted by atomic mass is 14.1. The van der Waals surface area contributed by atoms with Crippen LogP contribution < -0.4 is 0 Å². The Balaban J connectivity index is 0. The fourth-order valence-corrected chi connectivity index (χ4v) is 0.853. The second-order valence-corrected chi connectivity index (χ2v) is 2.48. The summed E-state index contributed by atoms with van der Waals surface area (Å²) in [6, 6.07) is 0. The van der Waals surface area contributed by atoms with Crippen molar-refractivity contribution in [1.29, 1.82) is 0 Å². The summed E-state index contributed by atoms with van der Waals surface area (Å²) < 4.78 is 0. The minimum absolute atomic E-state index is 0.778. The topological polar surface area (TPSA) is 0 Å². The standard InChI is InChI=1S/C8H12.2C2H6/c1-7-5-3-4-6-8(7)2;2*1-2/h3-5,8H,6H2,1-2H3;2*1-2H3. The van der Waals surface area contributed by atoms with Crippen molar-refractivity contribution in [2.45, 2.75) is 48.0 Å². The largest absolute Gasteiger partial charge is 0.0840 e. The summed E-state index contributed by atoms with van der Waals surface area (Å²) in [5.74, 6) is 0.778. The molecule has 0 aliphatic heterocycles. The number of allylic oxidation sites excluding steroid dienone is 4. The molecule has 0 heteroatoms. The Bertz CT molecular complexity index is 129. The van der Waals surface area contributed by atoms with Crippen LogP contribution in [0.25, 0.3) is 0 Å². The smallest absolute Gasteiger partial charge is 0.0197 e. The van der Waals surface area contributed by atoms with Crippen LogP contribution in [0.4, 0.5) is 0 Å². The van der Waals surface area contributed by atoms with Gasteiger partial charge in [0.05, 0.1) is 0 Å².